The number of carbonyl (C=O) groups excluding carboxylic acids is 2. The molecule has 0 fully saturated rings. The zero-order valence-electron chi connectivity index (χ0n) is 14.3. The highest BCUT2D eigenvalue weighted by atomic mass is 35.5. The second-order valence-corrected chi connectivity index (χ2v) is 6.11. The number of carbonyl (C=O) groups is 2. The number of nitrogens with one attached hydrogen (secondary N) is 3. The summed E-state index contributed by atoms with van der Waals surface area (Å²) in [5.41, 5.74) is 1.37. The molecule has 0 spiro atoms. The minimum absolute atomic E-state index is 0.171. The van der Waals surface area contributed by atoms with E-state index in [2.05, 4.69) is 16.0 Å². The monoisotopic (exact) mass is 359 g/mol. The Hall–Kier alpha value is -2.37. The third-order valence-corrected chi connectivity index (χ3v) is 3.90. The predicted octanol–water partition coefficient (Wildman–Crippen LogP) is 3.32. The SMILES string of the molecule is CCN[C@H](C)CNC(=O)c1ccccc1NC(=O)c1ccc(Cl)cc1. The molecule has 2 aromatic rings. The van der Waals surface area contributed by atoms with Crippen molar-refractivity contribution in [3.63, 3.8) is 0 Å². The summed E-state index contributed by atoms with van der Waals surface area (Å²) in [5, 5.41) is 9.45. The van der Waals surface area contributed by atoms with E-state index in [1.165, 1.54) is 0 Å². The van der Waals surface area contributed by atoms with Gasteiger partial charge in [0.2, 0.25) is 0 Å². The Bertz CT molecular complexity index is 732. The van der Waals surface area contributed by atoms with Crippen molar-refractivity contribution in [3.05, 3.63) is 64.7 Å². The molecule has 0 radical (unpaired) electrons. The zero-order chi connectivity index (χ0) is 18.2. The van der Waals surface area contributed by atoms with Gasteiger partial charge in [0.15, 0.2) is 0 Å². The van der Waals surface area contributed by atoms with Crippen LogP contribution in [0.4, 0.5) is 5.69 Å². The van der Waals surface area contributed by atoms with Crippen LogP contribution < -0.4 is 16.0 Å². The Morgan fingerprint density at radius 3 is 2.40 bits per heavy atom. The van der Waals surface area contributed by atoms with Crippen molar-refractivity contribution in [1.29, 1.82) is 0 Å². The van der Waals surface area contributed by atoms with Gasteiger partial charge in [-0.25, -0.2) is 0 Å². The highest BCUT2D eigenvalue weighted by Gasteiger charge is 2.14. The summed E-state index contributed by atoms with van der Waals surface area (Å²) in [6.45, 7) is 5.36. The van der Waals surface area contributed by atoms with Crippen LogP contribution in [0.2, 0.25) is 5.02 Å². The van der Waals surface area contributed by atoms with E-state index >= 15 is 0 Å². The van der Waals surface area contributed by atoms with Crippen molar-refractivity contribution in [3.8, 4) is 0 Å². The van der Waals surface area contributed by atoms with Gasteiger partial charge >= 0.3 is 0 Å². The van der Waals surface area contributed by atoms with E-state index in [0.717, 1.165) is 6.54 Å². The Kier molecular flexibility index (Phi) is 6.98. The average molecular weight is 360 g/mol. The molecule has 0 aliphatic rings. The fraction of sp³-hybridized carbons (Fsp3) is 0.263. The molecule has 6 heteroatoms. The van der Waals surface area contributed by atoms with E-state index in [0.29, 0.717) is 28.4 Å². The summed E-state index contributed by atoms with van der Waals surface area (Å²) < 4.78 is 0. The maximum Gasteiger partial charge on any atom is 0.255 e. The molecule has 0 aromatic heterocycles. The number of benzene rings is 2. The van der Waals surface area contributed by atoms with Crippen LogP contribution in [0.3, 0.4) is 0 Å². The normalized spacial score (nSPS) is 11.6. The Balaban J connectivity index is 2.08. The lowest BCUT2D eigenvalue weighted by atomic mass is 10.1. The molecular weight excluding hydrogens is 338 g/mol. The van der Waals surface area contributed by atoms with Crippen LogP contribution in [0.15, 0.2) is 48.5 Å². The lowest BCUT2D eigenvalue weighted by Gasteiger charge is -2.15. The summed E-state index contributed by atoms with van der Waals surface area (Å²) in [5.74, 6) is -0.519. The van der Waals surface area contributed by atoms with Gasteiger partial charge in [-0.3, -0.25) is 9.59 Å². The lowest BCUT2D eigenvalue weighted by Crippen LogP contribution is -2.39. The van der Waals surface area contributed by atoms with E-state index in [1.807, 2.05) is 13.8 Å². The van der Waals surface area contributed by atoms with Gasteiger partial charge in [-0.15, -0.1) is 0 Å². The summed E-state index contributed by atoms with van der Waals surface area (Å²) in [4.78, 5) is 24.8. The number of hydrogen-bond donors (Lipinski definition) is 3. The molecule has 3 N–H and O–H groups in total. The summed E-state index contributed by atoms with van der Waals surface area (Å²) in [6, 6.07) is 13.7. The second kappa shape index (κ2) is 9.20. The molecule has 25 heavy (non-hydrogen) atoms. The molecule has 5 nitrogen and oxygen atoms in total. The Labute approximate surface area is 152 Å². The van der Waals surface area contributed by atoms with Crippen molar-refractivity contribution in [2.45, 2.75) is 19.9 Å². The highest BCUT2D eigenvalue weighted by Crippen LogP contribution is 2.17. The zero-order valence-corrected chi connectivity index (χ0v) is 15.1. The van der Waals surface area contributed by atoms with E-state index in [-0.39, 0.29) is 17.9 Å². The maximum atomic E-state index is 12.4. The van der Waals surface area contributed by atoms with Crippen LogP contribution in [0.5, 0.6) is 0 Å². The predicted molar refractivity (Wildman–Crippen MR) is 101 cm³/mol. The molecule has 0 heterocycles. The van der Waals surface area contributed by atoms with Crippen molar-refractivity contribution >= 4 is 29.1 Å². The summed E-state index contributed by atoms with van der Waals surface area (Å²) in [6.07, 6.45) is 0. The molecule has 0 saturated carbocycles. The second-order valence-electron chi connectivity index (χ2n) is 5.68. The molecule has 0 bridgehead atoms. The lowest BCUT2D eigenvalue weighted by molar-refractivity contribution is 0.0951. The van der Waals surface area contributed by atoms with Gasteiger partial charge in [0, 0.05) is 23.2 Å². The van der Waals surface area contributed by atoms with Crippen molar-refractivity contribution in [2.24, 2.45) is 0 Å². The quantitative estimate of drug-likeness (QED) is 0.710. The first-order valence-corrected chi connectivity index (χ1v) is 8.56. The van der Waals surface area contributed by atoms with E-state index in [1.54, 1.807) is 48.5 Å². The number of likely N-dealkylation sites (N-methyl/N-ethyl adjacent to an activating group) is 1. The summed E-state index contributed by atoms with van der Waals surface area (Å²) >= 11 is 5.84. The highest BCUT2D eigenvalue weighted by molar-refractivity contribution is 6.30. The van der Waals surface area contributed by atoms with Gasteiger partial charge in [0.1, 0.15) is 0 Å². The average Bonchev–Trinajstić information content (AvgIpc) is 2.61. The molecular formula is C19H22ClN3O2. The van der Waals surface area contributed by atoms with Crippen molar-refractivity contribution in [2.75, 3.05) is 18.4 Å². The largest absolute Gasteiger partial charge is 0.350 e. The topological polar surface area (TPSA) is 70.2 Å². The fourth-order valence-electron chi connectivity index (χ4n) is 2.35. The van der Waals surface area contributed by atoms with Gasteiger partial charge in [0.05, 0.1) is 11.3 Å². The number of hydrogen-bond acceptors (Lipinski definition) is 3. The Morgan fingerprint density at radius 2 is 1.72 bits per heavy atom. The molecule has 0 unspecified atom stereocenters. The Morgan fingerprint density at radius 1 is 1.04 bits per heavy atom. The van der Waals surface area contributed by atoms with Gasteiger partial charge in [-0.2, -0.15) is 0 Å². The third kappa shape index (κ3) is 5.59. The minimum Gasteiger partial charge on any atom is -0.350 e. The van der Waals surface area contributed by atoms with Crippen LogP contribution in [-0.4, -0.2) is 30.9 Å². The first kappa shape index (κ1) is 19.0. The number of anilines is 1. The minimum atomic E-state index is -0.294. The van der Waals surface area contributed by atoms with Gasteiger partial charge < -0.3 is 16.0 Å². The molecule has 0 aliphatic heterocycles. The number of halogens is 1. The van der Waals surface area contributed by atoms with Crippen LogP contribution in [0, 0.1) is 0 Å². The van der Waals surface area contributed by atoms with Crippen molar-refractivity contribution < 1.29 is 9.59 Å². The van der Waals surface area contributed by atoms with Crippen molar-refractivity contribution in [1.82, 2.24) is 10.6 Å². The molecule has 1 atom stereocenters. The van der Waals surface area contributed by atoms with Gasteiger partial charge in [-0.1, -0.05) is 30.7 Å². The first-order valence-electron chi connectivity index (χ1n) is 8.18. The first-order chi connectivity index (χ1) is 12.0. The fourth-order valence-corrected chi connectivity index (χ4v) is 2.47. The van der Waals surface area contributed by atoms with Crippen LogP contribution in [-0.2, 0) is 0 Å². The van der Waals surface area contributed by atoms with E-state index < -0.39 is 0 Å². The molecule has 2 rings (SSSR count). The number of rotatable bonds is 7. The van der Waals surface area contributed by atoms with Gasteiger partial charge in [-0.05, 0) is 49.9 Å². The van der Waals surface area contributed by atoms with E-state index in [9.17, 15) is 9.59 Å². The standard InChI is InChI=1S/C19H22ClN3O2/c1-3-21-13(2)12-22-19(25)16-6-4-5-7-17(16)23-18(24)14-8-10-15(20)11-9-14/h4-11,13,21H,3,12H2,1-2H3,(H,22,25)(H,23,24)/t13-/m1/s1. The molecule has 0 saturated heterocycles. The smallest absolute Gasteiger partial charge is 0.255 e. The molecule has 132 valence electrons. The van der Waals surface area contributed by atoms with Crippen LogP contribution in [0.1, 0.15) is 34.6 Å². The maximum absolute atomic E-state index is 12.4. The van der Waals surface area contributed by atoms with E-state index in [4.69, 9.17) is 11.6 Å². The number of para-hydroxylation sites is 1. The van der Waals surface area contributed by atoms with Gasteiger partial charge in [0.25, 0.3) is 11.8 Å². The molecule has 2 amide bonds. The third-order valence-electron chi connectivity index (χ3n) is 3.65. The number of amides is 2. The van der Waals surface area contributed by atoms with Crippen LogP contribution >= 0.6 is 11.6 Å². The summed E-state index contributed by atoms with van der Waals surface area (Å²) in [7, 11) is 0. The molecule has 2 aromatic carbocycles. The van der Waals surface area contributed by atoms with Crippen LogP contribution in [0.25, 0.3) is 0 Å². The molecule has 0 aliphatic carbocycles.